The number of hydrogen-bond donors (Lipinski definition) is 2. The Kier molecular flexibility index (Phi) is 4.10. The first-order valence-corrected chi connectivity index (χ1v) is 4.59. The molecule has 0 bridgehead atoms. The maximum absolute atomic E-state index is 11.6. The van der Waals surface area contributed by atoms with Gasteiger partial charge in [0.15, 0.2) is 11.9 Å². The van der Waals surface area contributed by atoms with Crippen LogP contribution in [-0.4, -0.2) is 39.7 Å². The van der Waals surface area contributed by atoms with E-state index in [0.29, 0.717) is 0 Å². The van der Waals surface area contributed by atoms with Gasteiger partial charge in [0.25, 0.3) is 6.04 Å². The van der Waals surface area contributed by atoms with Gasteiger partial charge in [-0.2, -0.15) is 0 Å². The minimum atomic E-state index is -1.83. The number of rotatable bonds is 5. The van der Waals surface area contributed by atoms with Crippen LogP contribution in [0.1, 0.15) is 10.4 Å². The van der Waals surface area contributed by atoms with Crippen molar-refractivity contribution in [1.29, 1.82) is 0 Å². The fourth-order valence-electron chi connectivity index (χ4n) is 1.23. The molecule has 6 nitrogen and oxygen atoms in total. The summed E-state index contributed by atoms with van der Waals surface area (Å²) >= 11 is 0. The van der Waals surface area contributed by atoms with E-state index in [2.05, 4.69) is 0 Å². The maximum atomic E-state index is 11.6. The number of ketones is 1. The molecule has 0 aliphatic carbocycles. The lowest BCUT2D eigenvalue weighted by atomic mass is 10.0. The summed E-state index contributed by atoms with van der Waals surface area (Å²) in [6.45, 7) is -0.882. The number of Topliss-reactive ketones (excluding diaryl/α,β-unsaturated/α-hetero) is 1. The van der Waals surface area contributed by atoms with Gasteiger partial charge in [-0.3, -0.25) is 14.9 Å². The highest BCUT2D eigenvalue weighted by Gasteiger charge is 2.35. The quantitative estimate of drug-likeness (QED) is 0.413. The minimum absolute atomic E-state index is 0.176. The second kappa shape index (κ2) is 5.34. The van der Waals surface area contributed by atoms with Gasteiger partial charge < -0.3 is 10.2 Å². The third-order valence-corrected chi connectivity index (χ3v) is 2.15. The predicted molar refractivity (Wildman–Crippen MR) is 54.6 cm³/mol. The smallest absolute Gasteiger partial charge is 0.268 e. The lowest BCUT2D eigenvalue weighted by Gasteiger charge is -2.12. The number of nitro groups is 1. The van der Waals surface area contributed by atoms with Gasteiger partial charge in [0.1, 0.15) is 6.61 Å². The summed E-state index contributed by atoms with van der Waals surface area (Å²) in [5, 5.41) is 28.6. The molecule has 1 aromatic carbocycles. The Hall–Kier alpha value is -1.79. The van der Waals surface area contributed by atoms with Crippen LogP contribution in [0.4, 0.5) is 0 Å². The zero-order valence-electron chi connectivity index (χ0n) is 8.31. The Balaban J connectivity index is 2.86. The van der Waals surface area contributed by atoms with E-state index in [1.165, 1.54) is 12.1 Å². The Morgan fingerprint density at radius 1 is 1.38 bits per heavy atom. The van der Waals surface area contributed by atoms with Crippen LogP contribution in [0.5, 0.6) is 0 Å². The molecule has 0 fully saturated rings. The van der Waals surface area contributed by atoms with E-state index in [1.54, 1.807) is 18.2 Å². The van der Waals surface area contributed by atoms with Crippen LogP contribution in [0.3, 0.4) is 0 Å². The van der Waals surface area contributed by atoms with Gasteiger partial charge in [-0.15, -0.1) is 0 Å². The first kappa shape index (κ1) is 12.3. The highest BCUT2D eigenvalue weighted by molar-refractivity contribution is 5.99. The van der Waals surface area contributed by atoms with Crippen molar-refractivity contribution >= 4 is 5.78 Å². The van der Waals surface area contributed by atoms with E-state index in [0.717, 1.165) is 0 Å². The van der Waals surface area contributed by atoms with Crippen LogP contribution >= 0.6 is 0 Å². The zero-order valence-corrected chi connectivity index (χ0v) is 8.31. The summed E-state index contributed by atoms with van der Waals surface area (Å²) in [5.74, 6) is -0.767. The van der Waals surface area contributed by atoms with Crippen molar-refractivity contribution < 1.29 is 19.9 Å². The van der Waals surface area contributed by atoms with Crippen LogP contribution in [0.2, 0.25) is 0 Å². The van der Waals surface area contributed by atoms with Gasteiger partial charge in [0.05, 0.1) is 0 Å². The molecule has 0 aliphatic rings. The molecule has 2 atom stereocenters. The maximum Gasteiger partial charge on any atom is 0.268 e. The van der Waals surface area contributed by atoms with E-state index < -0.39 is 29.5 Å². The molecule has 6 heteroatoms. The second-order valence-corrected chi connectivity index (χ2v) is 3.21. The number of aliphatic hydroxyl groups excluding tert-OH is 2. The molecule has 2 unspecified atom stereocenters. The third-order valence-electron chi connectivity index (χ3n) is 2.15. The van der Waals surface area contributed by atoms with Gasteiger partial charge in [-0.1, -0.05) is 30.3 Å². The van der Waals surface area contributed by atoms with Gasteiger partial charge in [-0.05, 0) is 0 Å². The van der Waals surface area contributed by atoms with Crippen molar-refractivity contribution in [2.45, 2.75) is 12.1 Å². The molecule has 16 heavy (non-hydrogen) atoms. The normalized spacial score (nSPS) is 14.1. The predicted octanol–water partition coefficient (Wildman–Crippen LogP) is -0.132. The first-order chi connectivity index (χ1) is 7.57. The Morgan fingerprint density at radius 2 is 1.94 bits per heavy atom. The molecular weight excluding hydrogens is 214 g/mol. The highest BCUT2D eigenvalue weighted by atomic mass is 16.6. The minimum Gasteiger partial charge on any atom is -0.389 e. The molecule has 0 heterocycles. The molecule has 0 amide bonds. The van der Waals surface area contributed by atoms with Crippen molar-refractivity contribution in [3.8, 4) is 0 Å². The standard InChI is InChI=1S/C10H11NO5/c12-6-8(11(15)16)10(14)9(13)7-4-2-1-3-5-7/h1-5,8,10,12,14H,6H2. The molecule has 86 valence electrons. The summed E-state index contributed by atoms with van der Waals surface area (Å²) in [5.41, 5.74) is 0.176. The summed E-state index contributed by atoms with van der Waals surface area (Å²) in [6.07, 6.45) is -1.83. The highest BCUT2D eigenvalue weighted by Crippen LogP contribution is 2.08. The summed E-state index contributed by atoms with van der Waals surface area (Å²) in [6, 6.07) is 6.05. The summed E-state index contributed by atoms with van der Waals surface area (Å²) < 4.78 is 0. The van der Waals surface area contributed by atoms with E-state index >= 15 is 0 Å². The molecule has 0 spiro atoms. The van der Waals surface area contributed by atoms with Crippen LogP contribution in [-0.2, 0) is 0 Å². The van der Waals surface area contributed by atoms with E-state index in [4.69, 9.17) is 5.11 Å². The molecule has 2 N–H and O–H groups in total. The lowest BCUT2D eigenvalue weighted by Crippen LogP contribution is -2.42. The van der Waals surface area contributed by atoms with Crippen molar-refractivity contribution in [1.82, 2.24) is 0 Å². The second-order valence-electron chi connectivity index (χ2n) is 3.21. The van der Waals surface area contributed by atoms with Crippen molar-refractivity contribution in [3.05, 3.63) is 46.0 Å². The SMILES string of the molecule is O=C(c1ccccc1)C(O)C(CO)[N+](=O)[O-]. The van der Waals surface area contributed by atoms with E-state index in [-0.39, 0.29) is 5.56 Å². The van der Waals surface area contributed by atoms with Crippen molar-refractivity contribution in [3.63, 3.8) is 0 Å². The van der Waals surface area contributed by atoms with Crippen molar-refractivity contribution in [2.24, 2.45) is 0 Å². The molecular formula is C10H11NO5. The number of carbonyl (C=O) groups is 1. The monoisotopic (exact) mass is 225 g/mol. The molecule has 1 aromatic rings. The fraction of sp³-hybridized carbons (Fsp3) is 0.300. The van der Waals surface area contributed by atoms with Crippen LogP contribution in [0.15, 0.2) is 30.3 Å². The topological polar surface area (TPSA) is 101 Å². The average Bonchev–Trinajstić information content (AvgIpc) is 2.29. The summed E-state index contributed by atoms with van der Waals surface area (Å²) in [7, 11) is 0. The molecule has 0 saturated carbocycles. The van der Waals surface area contributed by atoms with E-state index in [9.17, 15) is 20.0 Å². The van der Waals surface area contributed by atoms with Gasteiger partial charge in [-0.25, -0.2) is 0 Å². The summed E-state index contributed by atoms with van der Waals surface area (Å²) in [4.78, 5) is 21.2. The molecule has 0 aliphatic heterocycles. The number of benzene rings is 1. The largest absolute Gasteiger partial charge is 0.389 e. The lowest BCUT2D eigenvalue weighted by molar-refractivity contribution is -0.533. The van der Waals surface area contributed by atoms with Gasteiger partial charge >= 0.3 is 0 Å². The van der Waals surface area contributed by atoms with Crippen LogP contribution in [0.25, 0.3) is 0 Å². The van der Waals surface area contributed by atoms with Gasteiger partial charge in [0.2, 0.25) is 0 Å². The number of nitrogens with zero attached hydrogens (tertiary/aromatic N) is 1. The van der Waals surface area contributed by atoms with E-state index in [1.807, 2.05) is 0 Å². The third kappa shape index (κ3) is 2.62. The molecule has 0 saturated heterocycles. The Bertz CT molecular complexity index is 378. The Morgan fingerprint density at radius 3 is 2.38 bits per heavy atom. The van der Waals surface area contributed by atoms with Gasteiger partial charge in [0, 0.05) is 10.5 Å². The number of carbonyl (C=O) groups excluding carboxylic acids is 1. The molecule has 0 radical (unpaired) electrons. The first-order valence-electron chi connectivity index (χ1n) is 4.59. The van der Waals surface area contributed by atoms with Crippen LogP contribution in [0, 0.1) is 10.1 Å². The van der Waals surface area contributed by atoms with Crippen LogP contribution < -0.4 is 0 Å². The van der Waals surface area contributed by atoms with Crippen molar-refractivity contribution in [2.75, 3.05) is 6.61 Å². The fourth-order valence-corrected chi connectivity index (χ4v) is 1.23. The molecule has 0 aromatic heterocycles. The number of aliphatic hydroxyl groups is 2. The average molecular weight is 225 g/mol. The molecule has 1 rings (SSSR count). The number of hydrogen-bond acceptors (Lipinski definition) is 5. The Labute approximate surface area is 91.3 Å². The zero-order chi connectivity index (χ0) is 12.1.